The van der Waals surface area contributed by atoms with Crippen LogP contribution in [0.15, 0.2) is 24.3 Å². The number of benzene rings is 1. The summed E-state index contributed by atoms with van der Waals surface area (Å²) in [6.07, 6.45) is 0.249. The third-order valence-electron chi connectivity index (χ3n) is 3.08. The first-order chi connectivity index (χ1) is 10.0. The Balaban J connectivity index is 2.32. The van der Waals surface area contributed by atoms with Crippen molar-refractivity contribution in [1.82, 2.24) is 10.6 Å². The first-order valence-electron chi connectivity index (χ1n) is 6.93. The lowest BCUT2D eigenvalue weighted by molar-refractivity contribution is -0.123. The maximum atomic E-state index is 12.0. The van der Waals surface area contributed by atoms with Crippen LogP contribution < -0.4 is 16.4 Å². The summed E-state index contributed by atoms with van der Waals surface area (Å²) in [6.45, 7) is 3.07. The molecule has 0 bridgehead atoms. The van der Waals surface area contributed by atoms with E-state index >= 15 is 0 Å². The van der Waals surface area contributed by atoms with Crippen molar-refractivity contribution in [2.24, 2.45) is 0 Å². The first-order valence-corrected chi connectivity index (χ1v) is 6.93. The van der Waals surface area contributed by atoms with E-state index in [0.29, 0.717) is 25.4 Å². The maximum Gasteiger partial charge on any atom is 0.227 e. The number of ether oxygens (including phenoxy) is 1. The molecular weight excluding hydrogens is 270 g/mol. The summed E-state index contributed by atoms with van der Waals surface area (Å²) in [4.78, 5) is 23.4. The number of nitrogens with two attached hydrogens (primary N) is 1. The standard InChI is InChI=1S/C15H23N3O3/c1-11(12-4-3-5-13(16)10-12)15(20)18-7-6-14(19)17-8-9-21-2/h3-5,10-11H,6-9,16H2,1-2H3,(H,17,19)(H,18,20). The molecule has 0 saturated heterocycles. The molecule has 0 aliphatic heterocycles. The summed E-state index contributed by atoms with van der Waals surface area (Å²) in [6, 6.07) is 7.23. The molecule has 1 aromatic carbocycles. The third-order valence-corrected chi connectivity index (χ3v) is 3.08. The molecule has 0 heterocycles. The van der Waals surface area contributed by atoms with Crippen LogP contribution in [0.3, 0.4) is 0 Å². The average Bonchev–Trinajstić information content (AvgIpc) is 2.46. The second kappa shape index (κ2) is 8.97. The fourth-order valence-corrected chi connectivity index (χ4v) is 1.81. The Bertz CT molecular complexity index is 477. The number of hydrogen-bond acceptors (Lipinski definition) is 4. The van der Waals surface area contributed by atoms with Gasteiger partial charge in [-0.25, -0.2) is 0 Å². The number of hydrogen-bond donors (Lipinski definition) is 3. The fourth-order valence-electron chi connectivity index (χ4n) is 1.81. The van der Waals surface area contributed by atoms with E-state index in [1.807, 2.05) is 19.1 Å². The van der Waals surface area contributed by atoms with Crippen LogP contribution in [0.4, 0.5) is 5.69 Å². The normalized spacial score (nSPS) is 11.7. The molecule has 0 aliphatic rings. The molecule has 2 amide bonds. The molecule has 1 aromatic rings. The Labute approximate surface area is 125 Å². The van der Waals surface area contributed by atoms with E-state index in [1.54, 1.807) is 19.2 Å². The van der Waals surface area contributed by atoms with Gasteiger partial charge in [0.1, 0.15) is 0 Å². The van der Waals surface area contributed by atoms with Crippen LogP contribution in [-0.2, 0) is 14.3 Å². The van der Waals surface area contributed by atoms with Gasteiger partial charge in [0.2, 0.25) is 11.8 Å². The Hall–Kier alpha value is -2.08. The van der Waals surface area contributed by atoms with Crippen molar-refractivity contribution < 1.29 is 14.3 Å². The highest BCUT2D eigenvalue weighted by Gasteiger charge is 2.15. The summed E-state index contributed by atoms with van der Waals surface area (Å²) in [5.41, 5.74) is 7.19. The van der Waals surface area contributed by atoms with Gasteiger partial charge in [-0.2, -0.15) is 0 Å². The molecule has 1 unspecified atom stereocenters. The van der Waals surface area contributed by atoms with Crippen molar-refractivity contribution in [3.05, 3.63) is 29.8 Å². The zero-order chi connectivity index (χ0) is 15.7. The van der Waals surface area contributed by atoms with Gasteiger partial charge in [0, 0.05) is 32.3 Å². The molecule has 0 fully saturated rings. The van der Waals surface area contributed by atoms with E-state index in [9.17, 15) is 9.59 Å². The first kappa shape index (κ1) is 17.0. The molecule has 0 aliphatic carbocycles. The van der Waals surface area contributed by atoms with Crippen LogP contribution in [0, 0.1) is 0 Å². The zero-order valence-corrected chi connectivity index (χ0v) is 12.5. The molecule has 1 atom stereocenters. The zero-order valence-electron chi connectivity index (χ0n) is 12.5. The van der Waals surface area contributed by atoms with Crippen LogP contribution >= 0.6 is 0 Å². The minimum absolute atomic E-state index is 0.107. The van der Waals surface area contributed by atoms with E-state index < -0.39 is 0 Å². The van der Waals surface area contributed by atoms with E-state index in [0.717, 1.165) is 5.56 Å². The molecule has 6 heteroatoms. The summed E-state index contributed by atoms with van der Waals surface area (Å²) < 4.78 is 4.83. The van der Waals surface area contributed by atoms with Crippen LogP contribution in [0.5, 0.6) is 0 Å². The van der Waals surface area contributed by atoms with Crippen molar-refractivity contribution in [1.29, 1.82) is 0 Å². The molecule has 0 spiro atoms. The Morgan fingerprint density at radius 1 is 1.29 bits per heavy atom. The number of anilines is 1. The lowest BCUT2D eigenvalue weighted by Gasteiger charge is -2.13. The largest absolute Gasteiger partial charge is 0.399 e. The predicted octanol–water partition coefficient (Wildman–Crippen LogP) is 0.641. The Morgan fingerprint density at radius 3 is 2.71 bits per heavy atom. The number of carbonyl (C=O) groups excluding carboxylic acids is 2. The van der Waals surface area contributed by atoms with Gasteiger partial charge in [0.05, 0.1) is 12.5 Å². The lowest BCUT2D eigenvalue weighted by atomic mass is 10.00. The fraction of sp³-hybridized carbons (Fsp3) is 0.467. The quantitative estimate of drug-likeness (QED) is 0.484. The number of amides is 2. The number of rotatable bonds is 8. The van der Waals surface area contributed by atoms with E-state index in [-0.39, 0.29) is 24.2 Å². The van der Waals surface area contributed by atoms with Crippen LogP contribution in [0.25, 0.3) is 0 Å². The summed E-state index contributed by atoms with van der Waals surface area (Å²) >= 11 is 0. The van der Waals surface area contributed by atoms with Gasteiger partial charge >= 0.3 is 0 Å². The smallest absolute Gasteiger partial charge is 0.227 e. The molecule has 21 heavy (non-hydrogen) atoms. The molecule has 1 rings (SSSR count). The van der Waals surface area contributed by atoms with Gasteiger partial charge in [-0.3, -0.25) is 9.59 Å². The van der Waals surface area contributed by atoms with Crippen molar-refractivity contribution in [2.45, 2.75) is 19.3 Å². The lowest BCUT2D eigenvalue weighted by Crippen LogP contribution is -2.33. The van der Waals surface area contributed by atoms with Crippen LogP contribution in [-0.4, -0.2) is 38.6 Å². The minimum atomic E-state index is -0.301. The van der Waals surface area contributed by atoms with Gasteiger partial charge in [-0.15, -0.1) is 0 Å². The van der Waals surface area contributed by atoms with Crippen molar-refractivity contribution in [2.75, 3.05) is 32.5 Å². The van der Waals surface area contributed by atoms with Crippen LogP contribution in [0.1, 0.15) is 24.8 Å². The third kappa shape index (κ3) is 6.27. The van der Waals surface area contributed by atoms with Gasteiger partial charge in [0.15, 0.2) is 0 Å². The average molecular weight is 293 g/mol. The highest BCUT2D eigenvalue weighted by molar-refractivity contribution is 5.84. The second-order valence-corrected chi connectivity index (χ2v) is 4.78. The highest BCUT2D eigenvalue weighted by Crippen LogP contribution is 2.17. The molecule has 0 aromatic heterocycles. The number of methoxy groups -OCH3 is 1. The second-order valence-electron chi connectivity index (χ2n) is 4.78. The summed E-state index contributed by atoms with van der Waals surface area (Å²) in [7, 11) is 1.57. The van der Waals surface area contributed by atoms with Gasteiger partial charge in [0.25, 0.3) is 0 Å². The monoisotopic (exact) mass is 293 g/mol. The van der Waals surface area contributed by atoms with E-state index in [2.05, 4.69) is 10.6 Å². The van der Waals surface area contributed by atoms with Gasteiger partial charge in [-0.05, 0) is 24.6 Å². The number of carbonyl (C=O) groups is 2. The topological polar surface area (TPSA) is 93.5 Å². The summed E-state index contributed by atoms with van der Waals surface area (Å²) in [5, 5.41) is 5.44. The minimum Gasteiger partial charge on any atom is -0.399 e. The maximum absolute atomic E-state index is 12.0. The van der Waals surface area contributed by atoms with E-state index in [4.69, 9.17) is 10.5 Å². The highest BCUT2D eigenvalue weighted by atomic mass is 16.5. The number of nitrogens with one attached hydrogen (secondary N) is 2. The molecule has 0 saturated carbocycles. The SMILES string of the molecule is COCCNC(=O)CCNC(=O)C(C)c1cccc(N)c1. The Morgan fingerprint density at radius 2 is 2.05 bits per heavy atom. The van der Waals surface area contributed by atoms with Crippen molar-refractivity contribution in [3.63, 3.8) is 0 Å². The van der Waals surface area contributed by atoms with Crippen LogP contribution in [0.2, 0.25) is 0 Å². The molecule has 0 radical (unpaired) electrons. The van der Waals surface area contributed by atoms with Crippen molar-refractivity contribution in [3.8, 4) is 0 Å². The molecule has 116 valence electrons. The van der Waals surface area contributed by atoms with Gasteiger partial charge < -0.3 is 21.1 Å². The molecule has 4 N–H and O–H groups in total. The Kier molecular flexibility index (Phi) is 7.25. The molecule has 6 nitrogen and oxygen atoms in total. The van der Waals surface area contributed by atoms with Crippen molar-refractivity contribution >= 4 is 17.5 Å². The summed E-state index contributed by atoms with van der Waals surface area (Å²) in [5.74, 6) is -0.528. The van der Waals surface area contributed by atoms with Gasteiger partial charge in [-0.1, -0.05) is 12.1 Å². The van der Waals surface area contributed by atoms with E-state index in [1.165, 1.54) is 0 Å². The molecular formula is C15H23N3O3. The predicted molar refractivity (Wildman–Crippen MR) is 81.8 cm³/mol. The number of nitrogen functional groups attached to an aromatic ring is 1.